The first-order chi connectivity index (χ1) is 24.9. The van der Waals surface area contributed by atoms with Crippen LogP contribution in [0.4, 0.5) is 0 Å². The molecule has 4 amide bonds. The molecule has 53 heavy (non-hydrogen) atoms. The van der Waals surface area contributed by atoms with E-state index in [1.54, 1.807) is 43.0 Å². The molecule has 0 spiro atoms. The number of carboxylic acids is 1. The van der Waals surface area contributed by atoms with E-state index >= 15 is 0 Å². The maximum atomic E-state index is 14.2. The van der Waals surface area contributed by atoms with Crippen molar-refractivity contribution in [2.24, 2.45) is 23.7 Å². The lowest BCUT2D eigenvalue weighted by molar-refractivity contribution is -0.148. The molecule has 2 rings (SSSR count). The number of hydrogen-bond donors (Lipinski definition) is 4. The Bertz CT molecular complexity index is 1390. The van der Waals surface area contributed by atoms with Crippen LogP contribution in [0.25, 0.3) is 0 Å². The van der Waals surface area contributed by atoms with Gasteiger partial charge in [0.1, 0.15) is 12.1 Å². The minimum atomic E-state index is -1.15. The van der Waals surface area contributed by atoms with Gasteiger partial charge < -0.3 is 40.3 Å². The molecule has 4 N–H and O–H groups in total. The van der Waals surface area contributed by atoms with Gasteiger partial charge in [0.2, 0.25) is 23.6 Å². The second-order valence-electron chi connectivity index (χ2n) is 15.2. The Labute approximate surface area is 316 Å². The molecule has 1 aliphatic rings. The average Bonchev–Trinajstić information content (AvgIpc) is 3.50. The number of carbonyl (C=O) groups excluding carboxylic acids is 4. The molecule has 1 aromatic rings. The SMILES string of the molecule is C=C1C[C@@H]([C@H](OC)[C@@H](C)C(=O)N[C@@H](Cc2ccccc2)C(=O)O)N(C(=O)CC(OC)[C@H]([C@@H](C)CC)N(C)C(=O)[C@@H](NC(=O)[C@@H](NC)C(C)C)C(C)C)C1. The van der Waals surface area contributed by atoms with Crippen molar-refractivity contribution in [1.29, 1.82) is 0 Å². The van der Waals surface area contributed by atoms with Gasteiger partial charge in [-0.25, -0.2) is 4.79 Å². The lowest BCUT2D eigenvalue weighted by Gasteiger charge is -2.41. The van der Waals surface area contributed by atoms with Crippen LogP contribution in [0.1, 0.15) is 73.3 Å². The zero-order chi connectivity index (χ0) is 40.2. The number of ether oxygens (including phenoxy) is 2. The third kappa shape index (κ3) is 12.1. The third-order valence-corrected chi connectivity index (χ3v) is 10.6. The van der Waals surface area contributed by atoms with Gasteiger partial charge in [-0.15, -0.1) is 0 Å². The molecule has 0 radical (unpaired) electrons. The third-order valence-electron chi connectivity index (χ3n) is 10.6. The van der Waals surface area contributed by atoms with Crippen LogP contribution in [0.3, 0.4) is 0 Å². The Balaban J connectivity index is 2.31. The van der Waals surface area contributed by atoms with Crippen molar-refractivity contribution in [3.63, 3.8) is 0 Å². The summed E-state index contributed by atoms with van der Waals surface area (Å²) in [5.41, 5.74) is 1.57. The van der Waals surface area contributed by atoms with Gasteiger partial charge in [0.25, 0.3) is 0 Å². The smallest absolute Gasteiger partial charge is 0.326 e. The van der Waals surface area contributed by atoms with Crippen molar-refractivity contribution in [3.05, 3.63) is 48.0 Å². The van der Waals surface area contributed by atoms with Crippen LogP contribution in [-0.4, -0.2) is 122 Å². The van der Waals surface area contributed by atoms with Crippen molar-refractivity contribution in [2.45, 2.75) is 117 Å². The second-order valence-corrected chi connectivity index (χ2v) is 15.2. The summed E-state index contributed by atoms with van der Waals surface area (Å²) in [7, 11) is 6.40. The van der Waals surface area contributed by atoms with E-state index in [9.17, 15) is 29.1 Å². The van der Waals surface area contributed by atoms with Gasteiger partial charge in [-0.1, -0.05) is 97.4 Å². The number of nitrogens with one attached hydrogen (secondary N) is 3. The number of hydrogen-bond acceptors (Lipinski definition) is 8. The number of nitrogens with zero attached hydrogens (tertiary/aromatic N) is 2. The Morgan fingerprint density at radius 2 is 1.55 bits per heavy atom. The largest absolute Gasteiger partial charge is 0.480 e. The number of likely N-dealkylation sites (N-methyl/N-ethyl adjacent to an activating group) is 2. The highest BCUT2D eigenvalue weighted by molar-refractivity contribution is 5.90. The molecule has 1 fully saturated rings. The Kier molecular flexibility index (Phi) is 18.1. The molecule has 13 nitrogen and oxygen atoms in total. The fourth-order valence-corrected chi connectivity index (χ4v) is 7.35. The average molecular weight is 744 g/mol. The minimum absolute atomic E-state index is 0.0132. The van der Waals surface area contributed by atoms with Gasteiger partial charge in [0, 0.05) is 34.2 Å². The lowest BCUT2D eigenvalue weighted by atomic mass is 9.89. The van der Waals surface area contributed by atoms with Gasteiger partial charge in [-0.05, 0) is 36.8 Å². The molecule has 298 valence electrons. The summed E-state index contributed by atoms with van der Waals surface area (Å²) < 4.78 is 11.8. The van der Waals surface area contributed by atoms with Gasteiger partial charge >= 0.3 is 5.97 Å². The van der Waals surface area contributed by atoms with E-state index in [0.29, 0.717) is 12.8 Å². The number of likely N-dealkylation sites (tertiary alicyclic amines) is 1. The first-order valence-electron chi connectivity index (χ1n) is 18.8. The number of aliphatic carboxylic acids is 1. The molecule has 0 bridgehead atoms. The first kappa shape index (κ1) is 45.3. The number of benzene rings is 1. The standard InChI is InChI=1S/C40H65N5O8/c1-13-26(7)35(44(10)39(49)34(24(4)5)43-38(48)33(41-9)23(2)3)31(52-11)21-32(46)45-22-25(6)19-30(45)36(53-12)27(8)37(47)42-29(40(50)51)20-28-17-15-14-16-18-28/h14-18,23-24,26-27,29-31,33-36,41H,6,13,19-22H2,1-5,7-12H3,(H,42,47)(H,43,48)(H,50,51)/t26-,27+,29-,30-,31?,33-,34-,35-,36+/m0/s1. The molecule has 0 aliphatic carbocycles. The molecule has 0 aromatic heterocycles. The minimum Gasteiger partial charge on any atom is -0.480 e. The van der Waals surface area contributed by atoms with Crippen LogP contribution >= 0.6 is 0 Å². The zero-order valence-corrected chi connectivity index (χ0v) is 33.7. The van der Waals surface area contributed by atoms with Crippen LogP contribution in [0.2, 0.25) is 0 Å². The monoisotopic (exact) mass is 743 g/mol. The molecule has 1 aromatic carbocycles. The van der Waals surface area contributed by atoms with Crippen molar-refractivity contribution in [3.8, 4) is 0 Å². The van der Waals surface area contributed by atoms with E-state index in [2.05, 4.69) is 22.5 Å². The van der Waals surface area contributed by atoms with Gasteiger partial charge in [0.05, 0.1) is 42.7 Å². The van der Waals surface area contributed by atoms with Crippen LogP contribution in [0.15, 0.2) is 42.5 Å². The second kappa shape index (κ2) is 21.2. The number of methoxy groups -OCH3 is 2. The van der Waals surface area contributed by atoms with Crippen LogP contribution in [-0.2, 0) is 39.9 Å². The maximum Gasteiger partial charge on any atom is 0.326 e. The number of rotatable bonds is 21. The molecule has 1 saturated heterocycles. The van der Waals surface area contributed by atoms with Crippen LogP contribution in [0, 0.1) is 23.7 Å². The van der Waals surface area contributed by atoms with E-state index in [0.717, 1.165) is 11.1 Å². The highest BCUT2D eigenvalue weighted by atomic mass is 16.5. The van der Waals surface area contributed by atoms with E-state index < -0.39 is 60.2 Å². The fraction of sp³-hybridized carbons (Fsp3) is 0.675. The molecule has 13 heteroatoms. The number of amides is 4. The van der Waals surface area contributed by atoms with Crippen LogP contribution < -0.4 is 16.0 Å². The summed E-state index contributed by atoms with van der Waals surface area (Å²) in [6.45, 7) is 17.7. The number of carbonyl (C=O) groups is 5. The summed E-state index contributed by atoms with van der Waals surface area (Å²) in [4.78, 5) is 70.4. The van der Waals surface area contributed by atoms with Gasteiger partial charge in [-0.3, -0.25) is 19.2 Å². The topological polar surface area (TPSA) is 167 Å². The van der Waals surface area contributed by atoms with Crippen molar-refractivity contribution in [2.75, 3.05) is 34.9 Å². The zero-order valence-electron chi connectivity index (χ0n) is 33.7. The highest BCUT2D eigenvalue weighted by Gasteiger charge is 2.44. The fourth-order valence-electron chi connectivity index (χ4n) is 7.35. The quantitative estimate of drug-likeness (QED) is 0.138. The summed E-state index contributed by atoms with van der Waals surface area (Å²) >= 11 is 0. The van der Waals surface area contributed by atoms with Crippen molar-refractivity contribution in [1.82, 2.24) is 25.8 Å². The molecule has 1 heterocycles. The van der Waals surface area contributed by atoms with Crippen molar-refractivity contribution >= 4 is 29.6 Å². The summed E-state index contributed by atoms with van der Waals surface area (Å²) in [5, 5.41) is 18.6. The van der Waals surface area contributed by atoms with E-state index in [4.69, 9.17) is 9.47 Å². The summed E-state index contributed by atoms with van der Waals surface area (Å²) in [6.07, 6.45) is -0.297. The molecule has 9 atom stereocenters. The molecule has 1 unspecified atom stereocenters. The normalized spacial score (nSPS) is 19.2. The number of carboxylic acid groups (broad SMARTS) is 1. The van der Waals surface area contributed by atoms with E-state index in [1.165, 1.54) is 14.2 Å². The Morgan fingerprint density at radius 3 is 2.04 bits per heavy atom. The maximum absolute atomic E-state index is 14.2. The molecule has 0 saturated carbocycles. The van der Waals surface area contributed by atoms with Crippen LogP contribution in [0.5, 0.6) is 0 Å². The summed E-state index contributed by atoms with van der Waals surface area (Å²) in [5.74, 6) is -3.50. The molecular weight excluding hydrogens is 678 g/mol. The molecular formula is C40H65N5O8. The predicted octanol–water partition coefficient (Wildman–Crippen LogP) is 3.27. The van der Waals surface area contributed by atoms with E-state index in [-0.39, 0.29) is 54.9 Å². The predicted molar refractivity (Wildman–Crippen MR) is 205 cm³/mol. The first-order valence-corrected chi connectivity index (χ1v) is 18.8. The highest BCUT2D eigenvalue weighted by Crippen LogP contribution is 2.31. The molecule has 1 aliphatic heterocycles. The van der Waals surface area contributed by atoms with E-state index in [1.807, 2.05) is 59.7 Å². The van der Waals surface area contributed by atoms with Gasteiger partial charge in [-0.2, -0.15) is 0 Å². The summed E-state index contributed by atoms with van der Waals surface area (Å²) in [6, 6.07) is 5.60. The van der Waals surface area contributed by atoms with Crippen molar-refractivity contribution < 1.29 is 38.6 Å². The Morgan fingerprint density at radius 1 is 0.943 bits per heavy atom. The lowest BCUT2D eigenvalue weighted by Crippen LogP contribution is -2.59. The Hall–Kier alpha value is -3.81. The van der Waals surface area contributed by atoms with Gasteiger partial charge in [0.15, 0.2) is 0 Å².